The fourth-order valence-electron chi connectivity index (χ4n) is 3.76. The number of halogens is 3. The number of aryl methyl sites for hydroxylation is 1. The van der Waals surface area contributed by atoms with Crippen LogP contribution in [0.2, 0.25) is 10.3 Å². The smallest absolute Gasteiger partial charge is 0.309 e. The van der Waals surface area contributed by atoms with E-state index in [0.717, 1.165) is 24.8 Å². The molecule has 0 radical (unpaired) electrons. The molecule has 1 heterocycles. The molecule has 0 amide bonds. The fourth-order valence-corrected chi connectivity index (χ4v) is 4.29. The number of carbonyl (C=O) groups excluding carboxylic acids is 1. The highest BCUT2D eigenvalue weighted by molar-refractivity contribution is 6.33. The Morgan fingerprint density at radius 3 is 2.64 bits per heavy atom. The van der Waals surface area contributed by atoms with Crippen molar-refractivity contribution in [2.45, 2.75) is 46.0 Å². The molecule has 0 saturated heterocycles. The van der Waals surface area contributed by atoms with E-state index in [2.05, 4.69) is 4.98 Å². The van der Waals surface area contributed by atoms with Gasteiger partial charge in [0, 0.05) is 5.56 Å². The first kappa shape index (κ1) is 21.1. The molecule has 3 nitrogen and oxygen atoms in total. The maximum atomic E-state index is 14.6. The lowest BCUT2D eigenvalue weighted by molar-refractivity contribution is -0.151. The minimum atomic E-state index is -0.333. The van der Waals surface area contributed by atoms with Crippen LogP contribution in [-0.4, -0.2) is 17.6 Å². The molecule has 1 unspecified atom stereocenters. The number of rotatable bonds is 7. The molecule has 28 heavy (non-hydrogen) atoms. The summed E-state index contributed by atoms with van der Waals surface area (Å²) in [6, 6.07) is 6.70. The van der Waals surface area contributed by atoms with E-state index in [1.54, 1.807) is 12.1 Å². The first-order valence-corrected chi connectivity index (χ1v) is 10.4. The van der Waals surface area contributed by atoms with Gasteiger partial charge in [0.1, 0.15) is 16.1 Å². The zero-order valence-electron chi connectivity index (χ0n) is 16.1. The van der Waals surface area contributed by atoms with Crippen molar-refractivity contribution in [1.82, 2.24) is 4.98 Å². The van der Waals surface area contributed by atoms with Crippen molar-refractivity contribution in [2.75, 3.05) is 6.61 Å². The monoisotopic (exact) mass is 423 g/mol. The van der Waals surface area contributed by atoms with Gasteiger partial charge in [-0.1, -0.05) is 41.8 Å². The van der Waals surface area contributed by atoms with E-state index in [1.165, 1.54) is 6.07 Å². The molecule has 1 saturated carbocycles. The number of esters is 1. The number of ether oxygens (including phenoxy) is 1. The molecule has 0 bridgehead atoms. The van der Waals surface area contributed by atoms with Crippen LogP contribution >= 0.6 is 23.2 Å². The van der Waals surface area contributed by atoms with Crippen LogP contribution < -0.4 is 0 Å². The summed E-state index contributed by atoms with van der Waals surface area (Å²) in [5, 5.41) is 0.461. The molecule has 0 spiro atoms. The van der Waals surface area contributed by atoms with Gasteiger partial charge in [0.2, 0.25) is 0 Å². The normalized spacial score (nSPS) is 15.2. The summed E-state index contributed by atoms with van der Waals surface area (Å²) < 4.78 is 19.9. The molecule has 2 aromatic rings. The lowest BCUT2D eigenvalue weighted by Crippen LogP contribution is -2.31. The van der Waals surface area contributed by atoms with Crippen LogP contribution in [0.5, 0.6) is 0 Å². The van der Waals surface area contributed by atoms with Crippen LogP contribution in [0.25, 0.3) is 11.1 Å². The maximum Gasteiger partial charge on any atom is 0.309 e. The van der Waals surface area contributed by atoms with Crippen LogP contribution in [0.3, 0.4) is 0 Å². The topological polar surface area (TPSA) is 39.2 Å². The lowest BCUT2D eigenvalue weighted by atomic mass is 9.73. The molecule has 1 aromatic carbocycles. The number of benzene rings is 1. The van der Waals surface area contributed by atoms with Crippen LogP contribution in [0.4, 0.5) is 4.39 Å². The third-order valence-corrected chi connectivity index (χ3v) is 5.98. The van der Waals surface area contributed by atoms with Gasteiger partial charge in [-0.3, -0.25) is 4.79 Å². The van der Waals surface area contributed by atoms with Crippen molar-refractivity contribution >= 4 is 29.2 Å². The van der Waals surface area contributed by atoms with Crippen LogP contribution in [0, 0.1) is 24.6 Å². The number of nitrogens with zero attached hydrogens (tertiary/aromatic N) is 1. The Balaban J connectivity index is 1.91. The molecule has 1 aliphatic rings. The van der Waals surface area contributed by atoms with Gasteiger partial charge in [-0.25, -0.2) is 9.37 Å². The van der Waals surface area contributed by atoms with Gasteiger partial charge in [-0.15, -0.1) is 0 Å². The average Bonchev–Trinajstić information content (AvgIpc) is 2.58. The first-order valence-electron chi connectivity index (χ1n) is 9.68. The van der Waals surface area contributed by atoms with Gasteiger partial charge >= 0.3 is 5.97 Å². The minimum absolute atomic E-state index is 0.159. The van der Waals surface area contributed by atoms with Gasteiger partial charge in [0.15, 0.2) is 0 Å². The van der Waals surface area contributed by atoms with E-state index >= 15 is 0 Å². The summed E-state index contributed by atoms with van der Waals surface area (Å²) in [6.45, 7) is 4.02. The van der Waals surface area contributed by atoms with Crippen LogP contribution in [0.15, 0.2) is 24.3 Å². The first-order chi connectivity index (χ1) is 13.4. The highest BCUT2D eigenvalue weighted by Crippen LogP contribution is 2.39. The third-order valence-electron chi connectivity index (χ3n) is 5.47. The Kier molecular flexibility index (Phi) is 6.95. The zero-order valence-corrected chi connectivity index (χ0v) is 17.6. The fraction of sp³-hybridized carbons (Fsp3) is 0.455. The molecule has 1 aliphatic carbocycles. The summed E-state index contributed by atoms with van der Waals surface area (Å²) in [7, 11) is 0. The summed E-state index contributed by atoms with van der Waals surface area (Å²) >= 11 is 12.5. The van der Waals surface area contributed by atoms with Crippen molar-refractivity contribution in [3.05, 3.63) is 51.5 Å². The number of aromatic nitrogens is 1. The standard InChI is InChI=1S/C22H24Cl2FNO2/c1-3-28-22(27)15(14-5-4-6-14)9-10-17-18(12-20(23)26-21(17)24)16-8-7-13(2)11-19(16)25/h7-8,11-12,14-15H,3-6,9-10H2,1-2H3. The largest absolute Gasteiger partial charge is 0.466 e. The van der Waals surface area contributed by atoms with E-state index in [0.29, 0.717) is 42.1 Å². The zero-order chi connectivity index (χ0) is 20.3. The number of hydrogen-bond acceptors (Lipinski definition) is 3. The SMILES string of the molecule is CCOC(=O)C(CCc1c(-c2ccc(C)cc2F)cc(Cl)nc1Cl)C1CCC1. The van der Waals surface area contributed by atoms with Crippen LogP contribution in [-0.2, 0) is 16.0 Å². The van der Waals surface area contributed by atoms with Gasteiger partial charge in [0.25, 0.3) is 0 Å². The Morgan fingerprint density at radius 2 is 2.04 bits per heavy atom. The summed E-state index contributed by atoms with van der Waals surface area (Å²) in [6.07, 6.45) is 4.31. The van der Waals surface area contributed by atoms with Crippen molar-refractivity contribution < 1.29 is 13.9 Å². The van der Waals surface area contributed by atoms with E-state index in [-0.39, 0.29) is 28.0 Å². The van der Waals surface area contributed by atoms with Crippen molar-refractivity contribution in [1.29, 1.82) is 0 Å². The van der Waals surface area contributed by atoms with E-state index in [4.69, 9.17) is 27.9 Å². The van der Waals surface area contributed by atoms with Crippen molar-refractivity contribution in [3.8, 4) is 11.1 Å². The molecular formula is C22H24Cl2FNO2. The molecule has 6 heteroatoms. The third kappa shape index (κ3) is 4.66. The van der Waals surface area contributed by atoms with Crippen molar-refractivity contribution in [3.63, 3.8) is 0 Å². The highest BCUT2D eigenvalue weighted by Gasteiger charge is 2.33. The summed E-state index contributed by atoms with van der Waals surface area (Å²) in [5.74, 6) is -0.317. The Hall–Kier alpha value is -1.65. The molecule has 0 N–H and O–H groups in total. The van der Waals surface area contributed by atoms with Gasteiger partial charge in [0.05, 0.1) is 12.5 Å². The lowest BCUT2D eigenvalue weighted by Gasteiger charge is -2.32. The second-order valence-corrected chi connectivity index (χ2v) is 8.08. The summed E-state index contributed by atoms with van der Waals surface area (Å²) in [5.41, 5.74) is 2.60. The maximum absolute atomic E-state index is 14.6. The minimum Gasteiger partial charge on any atom is -0.466 e. The Labute approximate surface area is 175 Å². The van der Waals surface area contributed by atoms with Crippen LogP contribution in [0.1, 0.15) is 43.7 Å². The Bertz CT molecular complexity index is 868. The quantitative estimate of drug-likeness (QED) is 0.381. The highest BCUT2D eigenvalue weighted by atomic mass is 35.5. The molecule has 0 aliphatic heterocycles. The molecule has 1 fully saturated rings. The van der Waals surface area contributed by atoms with Gasteiger partial charge in [-0.2, -0.15) is 0 Å². The second kappa shape index (κ2) is 9.23. The predicted octanol–water partition coefficient (Wildman–Crippen LogP) is 6.41. The summed E-state index contributed by atoms with van der Waals surface area (Å²) in [4.78, 5) is 16.6. The average molecular weight is 424 g/mol. The van der Waals surface area contributed by atoms with Gasteiger partial charge in [-0.05, 0) is 74.3 Å². The number of pyridine rings is 1. The number of carbonyl (C=O) groups is 1. The molecule has 1 atom stereocenters. The molecular weight excluding hydrogens is 400 g/mol. The second-order valence-electron chi connectivity index (χ2n) is 7.33. The van der Waals surface area contributed by atoms with E-state index < -0.39 is 0 Å². The van der Waals surface area contributed by atoms with E-state index in [9.17, 15) is 9.18 Å². The van der Waals surface area contributed by atoms with Gasteiger partial charge < -0.3 is 4.74 Å². The molecule has 3 rings (SSSR count). The van der Waals surface area contributed by atoms with E-state index in [1.807, 2.05) is 19.9 Å². The molecule has 1 aromatic heterocycles. The number of hydrogen-bond donors (Lipinski definition) is 0. The van der Waals surface area contributed by atoms with Crippen molar-refractivity contribution in [2.24, 2.45) is 11.8 Å². The molecule has 150 valence electrons. The predicted molar refractivity (Wildman–Crippen MR) is 110 cm³/mol. The Morgan fingerprint density at radius 1 is 1.29 bits per heavy atom.